The summed E-state index contributed by atoms with van der Waals surface area (Å²) in [7, 11) is 0. The van der Waals surface area contributed by atoms with E-state index in [1.165, 1.54) is 0 Å². The Morgan fingerprint density at radius 3 is 2.50 bits per heavy atom. The van der Waals surface area contributed by atoms with Gasteiger partial charge in [0.05, 0.1) is 0 Å². The van der Waals surface area contributed by atoms with Crippen molar-refractivity contribution in [2.24, 2.45) is 0 Å². The zero-order valence-electron chi connectivity index (χ0n) is 8.60. The number of nitrogens with one attached hydrogen (secondary N) is 2. The van der Waals surface area contributed by atoms with E-state index in [4.69, 9.17) is 22.4 Å². The van der Waals surface area contributed by atoms with Crippen LogP contribution in [0.25, 0.3) is 0 Å². The summed E-state index contributed by atoms with van der Waals surface area (Å²) in [5.41, 5.74) is 0. The van der Waals surface area contributed by atoms with Crippen molar-refractivity contribution in [1.82, 2.24) is 10.6 Å². The molecule has 0 bridgehead atoms. The Balaban J connectivity index is 4.11. The predicted octanol–water partition coefficient (Wildman–Crippen LogP) is -0.0455. The Bertz CT molecular complexity index is 293. The van der Waals surface area contributed by atoms with Crippen molar-refractivity contribution in [3.8, 4) is 0 Å². The van der Waals surface area contributed by atoms with Gasteiger partial charge in [0.1, 0.15) is 6.04 Å². The van der Waals surface area contributed by atoms with Crippen LogP contribution in [0.1, 0.15) is 12.8 Å². The van der Waals surface area contributed by atoms with Crippen LogP contribution in [0.4, 0.5) is 0 Å². The summed E-state index contributed by atoms with van der Waals surface area (Å²) in [4.78, 5) is 21.1. The standard InChI is InChI=1S/C9H14N2O4S/c1-2-5-10-9(16)11-6(8(14)15)3-4-7(12)13/h2,6H,1,3-5H2,(H,12,13)(H,14,15)(H2,10,11,16)/t6-/m0/s1. The molecule has 4 N–H and O–H groups in total. The van der Waals surface area contributed by atoms with E-state index in [-0.39, 0.29) is 18.0 Å². The molecule has 0 rings (SSSR count). The molecule has 0 amide bonds. The van der Waals surface area contributed by atoms with Gasteiger partial charge in [-0.25, -0.2) is 4.79 Å². The zero-order valence-corrected chi connectivity index (χ0v) is 9.42. The van der Waals surface area contributed by atoms with Gasteiger partial charge < -0.3 is 20.8 Å². The van der Waals surface area contributed by atoms with Gasteiger partial charge in [0.25, 0.3) is 0 Å². The van der Waals surface area contributed by atoms with Gasteiger partial charge in [-0.3, -0.25) is 4.79 Å². The van der Waals surface area contributed by atoms with E-state index < -0.39 is 18.0 Å². The van der Waals surface area contributed by atoms with Crippen LogP contribution < -0.4 is 10.6 Å². The second-order valence-corrected chi connectivity index (χ2v) is 3.37. The first kappa shape index (κ1) is 14.4. The number of hydrogen-bond donors (Lipinski definition) is 4. The van der Waals surface area contributed by atoms with Crippen molar-refractivity contribution in [2.75, 3.05) is 6.54 Å². The lowest BCUT2D eigenvalue weighted by atomic mass is 10.1. The van der Waals surface area contributed by atoms with E-state index in [2.05, 4.69) is 17.2 Å². The first-order valence-electron chi connectivity index (χ1n) is 4.57. The Morgan fingerprint density at radius 2 is 2.06 bits per heavy atom. The van der Waals surface area contributed by atoms with Crippen molar-refractivity contribution in [3.63, 3.8) is 0 Å². The average Bonchev–Trinajstić information content (AvgIpc) is 2.20. The number of carboxylic acids is 2. The largest absolute Gasteiger partial charge is 0.481 e. The molecule has 90 valence electrons. The van der Waals surface area contributed by atoms with E-state index in [0.29, 0.717) is 6.54 Å². The molecule has 0 aromatic carbocycles. The van der Waals surface area contributed by atoms with E-state index >= 15 is 0 Å². The van der Waals surface area contributed by atoms with Crippen LogP contribution in [0.3, 0.4) is 0 Å². The minimum atomic E-state index is -1.14. The summed E-state index contributed by atoms with van der Waals surface area (Å²) in [5.74, 6) is -2.18. The minimum absolute atomic E-state index is 0.0272. The molecule has 0 aromatic heterocycles. The van der Waals surface area contributed by atoms with E-state index in [1.807, 2.05) is 0 Å². The number of carboxylic acid groups (broad SMARTS) is 2. The minimum Gasteiger partial charge on any atom is -0.481 e. The van der Waals surface area contributed by atoms with Crippen LogP contribution in [0, 0.1) is 0 Å². The Labute approximate surface area is 98.3 Å². The second-order valence-electron chi connectivity index (χ2n) is 2.97. The summed E-state index contributed by atoms with van der Waals surface area (Å²) in [5, 5.41) is 22.6. The van der Waals surface area contributed by atoms with Gasteiger partial charge >= 0.3 is 11.9 Å². The topological polar surface area (TPSA) is 98.7 Å². The lowest BCUT2D eigenvalue weighted by molar-refractivity contribution is -0.140. The SMILES string of the molecule is C=CCNC(=S)N[C@@H](CCC(=O)O)C(=O)O. The van der Waals surface area contributed by atoms with Crippen LogP contribution >= 0.6 is 12.2 Å². The molecule has 0 fully saturated rings. The molecule has 0 aliphatic rings. The highest BCUT2D eigenvalue weighted by Crippen LogP contribution is 1.97. The normalized spacial score (nSPS) is 11.2. The summed E-state index contributed by atoms with van der Waals surface area (Å²) < 4.78 is 0. The van der Waals surface area contributed by atoms with Crippen molar-refractivity contribution in [2.45, 2.75) is 18.9 Å². The quantitative estimate of drug-likeness (QED) is 0.369. The molecular formula is C9H14N2O4S. The second kappa shape index (κ2) is 7.63. The van der Waals surface area contributed by atoms with Crippen LogP contribution in [0.5, 0.6) is 0 Å². The summed E-state index contributed by atoms with van der Waals surface area (Å²) in [6.07, 6.45) is 1.32. The van der Waals surface area contributed by atoms with Gasteiger partial charge in [-0.05, 0) is 18.6 Å². The molecule has 0 aromatic rings. The molecule has 0 saturated heterocycles. The molecule has 16 heavy (non-hydrogen) atoms. The highest BCUT2D eigenvalue weighted by atomic mass is 32.1. The molecule has 0 radical (unpaired) electrons. The molecule has 0 aliphatic heterocycles. The van der Waals surface area contributed by atoms with Gasteiger partial charge in [-0.1, -0.05) is 6.08 Å². The zero-order chi connectivity index (χ0) is 12.6. The van der Waals surface area contributed by atoms with Gasteiger partial charge in [0.2, 0.25) is 0 Å². The van der Waals surface area contributed by atoms with Gasteiger partial charge in [0, 0.05) is 13.0 Å². The summed E-state index contributed by atoms with van der Waals surface area (Å²) in [6.45, 7) is 3.88. The molecule has 0 aliphatic carbocycles. The highest BCUT2D eigenvalue weighted by molar-refractivity contribution is 7.80. The third-order valence-electron chi connectivity index (χ3n) is 1.66. The predicted molar refractivity (Wildman–Crippen MR) is 62.2 cm³/mol. The maximum atomic E-state index is 10.8. The van der Waals surface area contributed by atoms with E-state index in [1.54, 1.807) is 6.08 Å². The summed E-state index contributed by atoms with van der Waals surface area (Å²) in [6, 6.07) is -0.999. The van der Waals surface area contributed by atoms with Crippen molar-refractivity contribution >= 4 is 29.3 Å². The maximum Gasteiger partial charge on any atom is 0.326 e. The fourth-order valence-electron chi connectivity index (χ4n) is 0.899. The molecule has 0 saturated carbocycles. The number of hydrogen-bond acceptors (Lipinski definition) is 3. The van der Waals surface area contributed by atoms with Crippen molar-refractivity contribution in [3.05, 3.63) is 12.7 Å². The molecule has 1 atom stereocenters. The maximum absolute atomic E-state index is 10.8. The molecule has 6 nitrogen and oxygen atoms in total. The Hall–Kier alpha value is -1.63. The number of rotatable bonds is 7. The van der Waals surface area contributed by atoms with E-state index in [9.17, 15) is 9.59 Å². The van der Waals surface area contributed by atoms with E-state index in [0.717, 1.165) is 0 Å². The third-order valence-corrected chi connectivity index (χ3v) is 1.92. The van der Waals surface area contributed by atoms with Crippen LogP contribution in [0.15, 0.2) is 12.7 Å². The first-order valence-corrected chi connectivity index (χ1v) is 4.98. The van der Waals surface area contributed by atoms with Crippen molar-refractivity contribution < 1.29 is 19.8 Å². The number of aliphatic carboxylic acids is 2. The molecule has 7 heteroatoms. The Kier molecular flexibility index (Phi) is 6.86. The van der Waals surface area contributed by atoms with Gasteiger partial charge in [-0.15, -0.1) is 6.58 Å². The first-order chi connectivity index (χ1) is 7.47. The number of carbonyl (C=O) groups is 2. The van der Waals surface area contributed by atoms with Crippen LogP contribution in [-0.4, -0.2) is 39.9 Å². The van der Waals surface area contributed by atoms with Gasteiger partial charge in [0.15, 0.2) is 5.11 Å². The van der Waals surface area contributed by atoms with Crippen LogP contribution in [-0.2, 0) is 9.59 Å². The van der Waals surface area contributed by atoms with Crippen LogP contribution in [0.2, 0.25) is 0 Å². The third kappa shape index (κ3) is 6.77. The lowest BCUT2D eigenvalue weighted by Gasteiger charge is -2.15. The average molecular weight is 246 g/mol. The summed E-state index contributed by atoms with van der Waals surface area (Å²) >= 11 is 4.81. The lowest BCUT2D eigenvalue weighted by Crippen LogP contribution is -2.46. The molecule has 0 spiro atoms. The highest BCUT2D eigenvalue weighted by Gasteiger charge is 2.18. The molecule has 0 unspecified atom stereocenters. The fraction of sp³-hybridized carbons (Fsp3) is 0.444. The molecular weight excluding hydrogens is 232 g/mol. The fourth-order valence-corrected chi connectivity index (χ4v) is 1.12. The van der Waals surface area contributed by atoms with Gasteiger partial charge in [-0.2, -0.15) is 0 Å². The Morgan fingerprint density at radius 1 is 1.44 bits per heavy atom. The van der Waals surface area contributed by atoms with Crippen molar-refractivity contribution in [1.29, 1.82) is 0 Å². The number of thiocarbonyl (C=S) groups is 1. The monoisotopic (exact) mass is 246 g/mol. The smallest absolute Gasteiger partial charge is 0.326 e. The molecule has 0 heterocycles.